The lowest BCUT2D eigenvalue weighted by atomic mass is 10.0. The van der Waals surface area contributed by atoms with Crippen molar-refractivity contribution in [2.24, 2.45) is 0 Å². The van der Waals surface area contributed by atoms with Gasteiger partial charge in [-0.2, -0.15) is 10.4 Å². The van der Waals surface area contributed by atoms with Gasteiger partial charge < -0.3 is 4.90 Å². The number of aromatic nitrogens is 2. The van der Waals surface area contributed by atoms with E-state index in [0.717, 1.165) is 31.6 Å². The van der Waals surface area contributed by atoms with Crippen molar-refractivity contribution in [3.8, 4) is 6.07 Å². The molecule has 2 aromatic rings. The van der Waals surface area contributed by atoms with E-state index in [1.807, 2.05) is 23.0 Å². The van der Waals surface area contributed by atoms with Crippen LogP contribution in [0.1, 0.15) is 41.7 Å². The molecule has 0 atom stereocenters. The Hall–Kier alpha value is -2.61. The highest BCUT2D eigenvalue weighted by molar-refractivity contribution is 6.00. The van der Waals surface area contributed by atoms with Crippen molar-refractivity contribution in [3.05, 3.63) is 47.8 Å². The summed E-state index contributed by atoms with van der Waals surface area (Å²) in [6.07, 6.45) is 5.76. The summed E-state index contributed by atoms with van der Waals surface area (Å²) in [7, 11) is 0. The lowest BCUT2D eigenvalue weighted by molar-refractivity contribution is 0.101. The molecule has 1 fully saturated rings. The quantitative estimate of drug-likeness (QED) is 0.817. The number of anilines is 1. The third-order valence-corrected chi connectivity index (χ3v) is 4.21. The normalized spacial score (nSPS) is 15.5. The van der Waals surface area contributed by atoms with Crippen molar-refractivity contribution in [2.75, 3.05) is 18.0 Å². The lowest BCUT2D eigenvalue weighted by Gasteiger charge is -2.34. The highest BCUT2D eigenvalue weighted by Gasteiger charge is 2.23. The van der Waals surface area contributed by atoms with E-state index in [-0.39, 0.29) is 5.78 Å². The standard InChI is InChI=1S/C17H18N4O/c1-13(22)16-4-3-14(12-18)11-17(16)20-9-5-15(6-10-20)21-8-2-7-19-21/h2-4,7-8,11,15H,5-6,9-10H2,1H3. The van der Waals surface area contributed by atoms with Crippen LogP contribution in [-0.2, 0) is 0 Å². The van der Waals surface area contributed by atoms with E-state index in [1.54, 1.807) is 25.3 Å². The Balaban J connectivity index is 1.81. The SMILES string of the molecule is CC(=O)c1ccc(C#N)cc1N1CCC(n2cccn2)CC1. The van der Waals surface area contributed by atoms with Crippen LogP contribution in [0, 0.1) is 11.3 Å². The van der Waals surface area contributed by atoms with Gasteiger partial charge in [0.2, 0.25) is 0 Å². The van der Waals surface area contributed by atoms with Crippen LogP contribution in [0.5, 0.6) is 0 Å². The molecule has 2 heterocycles. The molecule has 112 valence electrons. The van der Waals surface area contributed by atoms with Crippen LogP contribution in [0.25, 0.3) is 0 Å². The summed E-state index contributed by atoms with van der Waals surface area (Å²) in [5.74, 6) is 0.0358. The topological polar surface area (TPSA) is 61.9 Å². The van der Waals surface area contributed by atoms with Crippen LogP contribution in [-0.4, -0.2) is 28.7 Å². The monoisotopic (exact) mass is 294 g/mol. The first kappa shape index (κ1) is 14.3. The number of hydrogen-bond acceptors (Lipinski definition) is 4. The maximum absolute atomic E-state index is 11.8. The molecule has 0 radical (unpaired) electrons. The number of piperidine rings is 1. The maximum Gasteiger partial charge on any atom is 0.161 e. The van der Waals surface area contributed by atoms with Crippen molar-refractivity contribution >= 4 is 11.5 Å². The molecule has 1 aromatic heterocycles. The van der Waals surface area contributed by atoms with Crippen molar-refractivity contribution in [2.45, 2.75) is 25.8 Å². The van der Waals surface area contributed by atoms with E-state index >= 15 is 0 Å². The summed E-state index contributed by atoms with van der Waals surface area (Å²) in [6, 6.07) is 9.79. The first-order valence-corrected chi connectivity index (χ1v) is 7.48. The Bertz CT molecular complexity index is 707. The average molecular weight is 294 g/mol. The average Bonchev–Trinajstić information content (AvgIpc) is 3.09. The Morgan fingerprint density at radius 3 is 2.73 bits per heavy atom. The van der Waals surface area contributed by atoms with E-state index in [1.165, 1.54) is 0 Å². The molecule has 0 amide bonds. The number of hydrogen-bond donors (Lipinski definition) is 0. The fraction of sp³-hybridized carbons (Fsp3) is 0.353. The smallest absolute Gasteiger partial charge is 0.161 e. The molecule has 0 saturated carbocycles. The van der Waals surface area contributed by atoms with Gasteiger partial charge in [0.25, 0.3) is 0 Å². The third kappa shape index (κ3) is 2.73. The number of carbonyl (C=O) groups is 1. The van der Waals surface area contributed by atoms with Crippen LogP contribution in [0.4, 0.5) is 5.69 Å². The molecule has 0 spiro atoms. The fourth-order valence-electron chi connectivity index (χ4n) is 3.03. The Labute approximate surface area is 129 Å². The van der Waals surface area contributed by atoms with Crippen molar-refractivity contribution in [1.29, 1.82) is 5.26 Å². The minimum atomic E-state index is 0.0358. The van der Waals surface area contributed by atoms with Crippen LogP contribution < -0.4 is 4.90 Å². The fourth-order valence-corrected chi connectivity index (χ4v) is 3.03. The van der Waals surface area contributed by atoms with Crippen LogP contribution in [0.15, 0.2) is 36.7 Å². The zero-order chi connectivity index (χ0) is 15.5. The number of nitrogens with zero attached hydrogens (tertiary/aromatic N) is 4. The second kappa shape index (κ2) is 6.02. The summed E-state index contributed by atoms with van der Waals surface area (Å²) in [4.78, 5) is 14.0. The summed E-state index contributed by atoms with van der Waals surface area (Å²) in [5.41, 5.74) is 2.16. The van der Waals surface area contributed by atoms with Gasteiger partial charge in [-0.25, -0.2) is 0 Å². The third-order valence-electron chi connectivity index (χ3n) is 4.21. The molecule has 3 rings (SSSR count). The Morgan fingerprint density at radius 1 is 1.36 bits per heavy atom. The molecule has 0 unspecified atom stereocenters. The number of nitriles is 1. The van der Waals surface area contributed by atoms with Gasteiger partial charge in [0.15, 0.2) is 5.78 Å². The van der Waals surface area contributed by atoms with Crippen molar-refractivity contribution in [1.82, 2.24) is 9.78 Å². The van der Waals surface area contributed by atoms with E-state index in [9.17, 15) is 4.79 Å². The molecule has 0 aliphatic carbocycles. The summed E-state index contributed by atoms with van der Waals surface area (Å²) < 4.78 is 2.01. The first-order chi connectivity index (χ1) is 10.7. The predicted octanol–water partition coefficient (Wildman–Crippen LogP) is 2.80. The highest BCUT2D eigenvalue weighted by Crippen LogP contribution is 2.29. The second-order valence-electron chi connectivity index (χ2n) is 5.60. The molecule has 22 heavy (non-hydrogen) atoms. The number of carbonyl (C=O) groups excluding carboxylic acids is 1. The first-order valence-electron chi connectivity index (χ1n) is 7.48. The van der Waals surface area contributed by atoms with Gasteiger partial charge in [0, 0.05) is 36.7 Å². The number of benzene rings is 1. The van der Waals surface area contributed by atoms with Crippen LogP contribution >= 0.6 is 0 Å². The molecule has 5 heteroatoms. The van der Waals surface area contributed by atoms with Gasteiger partial charge in [-0.05, 0) is 44.0 Å². The summed E-state index contributed by atoms with van der Waals surface area (Å²) >= 11 is 0. The molecule has 1 aliphatic heterocycles. The molecular weight excluding hydrogens is 276 g/mol. The van der Waals surface area contributed by atoms with Crippen molar-refractivity contribution < 1.29 is 4.79 Å². The van der Waals surface area contributed by atoms with Gasteiger partial charge in [-0.3, -0.25) is 9.48 Å². The van der Waals surface area contributed by atoms with Crippen LogP contribution in [0.2, 0.25) is 0 Å². The molecule has 1 aliphatic rings. The lowest BCUT2D eigenvalue weighted by Crippen LogP contribution is -2.35. The second-order valence-corrected chi connectivity index (χ2v) is 5.60. The van der Waals surface area contributed by atoms with E-state index < -0.39 is 0 Å². The van der Waals surface area contributed by atoms with E-state index in [2.05, 4.69) is 16.1 Å². The molecule has 0 bridgehead atoms. The maximum atomic E-state index is 11.8. The van der Waals surface area contributed by atoms with Crippen molar-refractivity contribution in [3.63, 3.8) is 0 Å². The number of Topliss-reactive ketones (excluding diaryl/α,β-unsaturated/α-hetero) is 1. The summed E-state index contributed by atoms with van der Waals surface area (Å²) in [6.45, 7) is 3.29. The Kier molecular flexibility index (Phi) is 3.92. The minimum absolute atomic E-state index is 0.0358. The number of rotatable bonds is 3. The molecule has 1 saturated heterocycles. The van der Waals surface area contributed by atoms with E-state index in [4.69, 9.17) is 5.26 Å². The van der Waals surface area contributed by atoms with Gasteiger partial charge in [-0.15, -0.1) is 0 Å². The highest BCUT2D eigenvalue weighted by atomic mass is 16.1. The number of ketones is 1. The molecule has 1 aromatic carbocycles. The molecule has 0 N–H and O–H groups in total. The zero-order valence-electron chi connectivity index (χ0n) is 12.6. The van der Waals surface area contributed by atoms with Gasteiger partial charge >= 0.3 is 0 Å². The minimum Gasteiger partial charge on any atom is -0.371 e. The largest absolute Gasteiger partial charge is 0.371 e. The van der Waals surface area contributed by atoms with Gasteiger partial charge in [0.05, 0.1) is 17.7 Å². The summed E-state index contributed by atoms with van der Waals surface area (Å²) in [5, 5.41) is 13.4. The molecular formula is C17H18N4O. The molecule has 5 nitrogen and oxygen atoms in total. The van der Waals surface area contributed by atoms with Crippen LogP contribution in [0.3, 0.4) is 0 Å². The predicted molar refractivity (Wildman–Crippen MR) is 83.9 cm³/mol. The van der Waals surface area contributed by atoms with Gasteiger partial charge in [0.1, 0.15) is 0 Å². The Morgan fingerprint density at radius 2 is 2.14 bits per heavy atom. The van der Waals surface area contributed by atoms with Gasteiger partial charge in [-0.1, -0.05) is 0 Å². The van der Waals surface area contributed by atoms with E-state index in [0.29, 0.717) is 17.2 Å². The zero-order valence-corrected chi connectivity index (χ0v) is 12.6.